The lowest BCUT2D eigenvalue weighted by molar-refractivity contribution is 0.209. The molecule has 0 amide bonds. The van der Waals surface area contributed by atoms with Crippen molar-refractivity contribution in [2.75, 3.05) is 25.5 Å². The van der Waals surface area contributed by atoms with E-state index in [9.17, 15) is 0 Å². The molecule has 0 aromatic carbocycles. The van der Waals surface area contributed by atoms with Crippen molar-refractivity contribution in [2.24, 2.45) is 7.05 Å². The second-order valence-electron chi connectivity index (χ2n) is 7.32. The molecule has 29 heavy (non-hydrogen) atoms. The maximum atomic E-state index is 6.27. The van der Waals surface area contributed by atoms with Gasteiger partial charge in [0, 0.05) is 44.2 Å². The van der Waals surface area contributed by atoms with Gasteiger partial charge in [-0.1, -0.05) is 0 Å². The first-order chi connectivity index (χ1) is 14.2. The fourth-order valence-corrected chi connectivity index (χ4v) is 3.71. The summed E-state index contributed by atoms with van der Waals surface area (Å²) in [7, 11) is 4.05. The number of anilines is 2. The lowest BCUT2D eigenvalue weighted by Crippen LogP contribution is -2.21. The zero-order chi connectivity index (χ0) is 19.8. The number of likely N-dealkylation sites (tertiary alicyclic amines) is 1. The third-order valence-electron chi connectivity index (χ3n) is 5.11. The van der Waals surface area contributed by atoms with Gasteiger partial charge in [0.2, 0.25) is 0 Å². The van der Waals surface area contributed by atoms with Gasteiger partial charge >= 0.3 is 0 Å². The molecular weight excluding hydrogens is 368 g/mol. The Bertz CT molecular complexity index is 1140. The SMILES string of the molecule is CN1CC[C@H](Oc2cnn(C)c2-c2ccn3nc(Nc4cccnn4)cc3c2)C1. The van der Waals surface area contributed by atoms with Crippen LogP contribution in [0.3, 0.4) is 0 Å². The van der Waals surface area contributed by atoms with Crippen LogP contribution in [0.15, 0.2) is 48.9 Å². The van der Waals surface area contributed by atoms with Crippen LogP contribution >= 0.6 is 0 Å². The topological polar surface area (TPSA) is 85.4 Å². The van der Waals surface area contributed by atoms with E-state index in [1.54, 1.807) is 12.4 Å². The molecule has 0 aliphatic carbocycles. The number of hydrogen-bond donors (Lipinski definition) is 1. The van der Waals surface area contributed by atoms with E-state index >= 15 is 0 Å². The molecule has 9 heteroatoms. The van der Waals surface area contributed by atoms with E-state index in [0.29, 0.717) is 11.6 Å². The molecular formula is C20H22N8O. The molecule has 9 nitrogen and oxygen atoms in total. The third-order valence-corrected chi connectivity index (χ3v) is 5.11. The van der Waals surface area contributed by atoms with E-state index in [-0.39, 0.29) is 6.10 Å². The molecule has 1 fully saturated rings. The monoisotopic (exact) mass is 390 g/mol. The maximum absolute atomic E-state index is 6.27. The fraction of sp³-hybridized carbons (Fsp3) is 0.300. The van der Waals surface area contributed by atoms with Crippen LogP contribution in [0.4, 0.5) is 11.6 Å². The van der Waals surface area contributed by atoms with Crippen LogP contribution in [0.2, 0.25) is 0 Å². The lowest BCUT2D eigenvalue weighted by atomic mass is 10.1. The highest BCUT2D eigenvalue weighted by Crippen LogP contribution is 2.32. The Morgan fingerprint density at radius 3 is 2.90 bits per heavy atom. The summed E-state index contributed by atoms with van der Waals surface area (Å²) in [5.74, 6) is 2.17. The molecule has 0 spiro atoms. The quantitative estimate of drug-likeness (QED) is 0.560. The number of aromatic nitrogens is 6. The van der Waals surface area contributed by atoms with Crippen LogP contribution in [0.5, 0.6) is 5.75 Å². The van der Waals surface area contributed by atoms with E-state index < -0.39 is 0 Å². The molecule has 4 aromatic heterocycles. The summed E-state index contributed by atoms with van der Waals surface area (Å²) in [4.78, 5) is 2.28. The summed E-state index contributed by atoms with van der Waals surface area (Å²) in [6, 6.07) is 9.76. The van der Waals surface area contributed by atoms with Gasteiger partial charge in [0.25, 0.3) is 0 Å². The first kappa shape index (κ1) is 17.6. The van der Waals surface area contributed by atoms with Crippen LogP contribution in [0.1, 0.15) is 6.42 Å². The van der Waals surface area contributed by atoms with Gasteiger partial charge in [-0.2, -0.15) is 15.3 Å². The van der Waals surface area contributed by atoms with Crippen LogP contribution in [0, 0.1) is 0 Å². The Balaban J connectivity index is 1.44. The largest absolute Gasteiger partial charge is 0.485 e. The minimum Gasteiger partial charge on any atom is -0.485 e. The molecule has 0 unspecified atom stereocenters. The molecule has 5 heterocycles. The zero-order valence-electron chi connectivity index (χ0n) is 16.4. The van der Waals surface area contributed by atoms with Gasteiger partial charge in [-0.15, -0.1) is 5.10 Å². The van der Waals surface area contributed by atoms with Crippen molar-refractivity contribution in [2.45, 2.75) is 12.5 Å². The van der Waals surface area contributed by atoms with Crippen molar-refractivity contribution in [3.8, 4) is 17.0 Å². The summed E-state index contributed by atoms with van der Waals surface area (Å²) < 4.78 is 9.95. The normalized spacial score (nSPS) is 17.1. The van der Waals surface area contributed by atoms with Crippen molar-refractivity contribution < 1.29 is 4.74 Å². The average molecular weight is 390 g/mol. The van der Waals surface area contributed by atoms with Crippen LogP contribution in [-0.2, 0) is 7.05 Å². The number of ether oxygens (including phenoxy) is 1. The van der Waals surface area contributed by atoms with Crippen molar-refractivity contribution in [1.29, 1.82) is 0 Å². The molecule has 4 aromatic rings. The molecule has 148 valence electrons. The Morgan fingerprint density at radius 1 is 1.17 bits per heavy atom. The Morgan fingerprint density at radius 2 is 2.10 bits per heavy atom. The van der Waals surface area contributed by atoms with Gasteiger partial charge in [-0.3, -0.25) is 4.68 Å². The molecule has 1 atom stereocenters. The minimum absolute atomic E-state index is 0.199. The van der Waals surface area contributed by atoms with Gasteiger partial charge in [-0.05, 0) is 37.7 Å². The van der Waals surface area contributed by atoms with Crippen molar-refractivity contribution in [3.63, 3.8) is 0 Å². The molecule has 1 N–H and O–H groups in total. The second kappa shape index (κ2) is 7.17. The Kier molecular flexibility index (Phi) is 4.36. The second-order valence-corrected chi connectivity index (χ2v) is 7.32. The predicted octanol–water partition coefficient (Wildman–Crippen LogP) is 2.35. The smallest absolute Gasteiger partial charge is 0.165 e. The highest BCUT2D eigenvalue weighted by Gasteiger charge is 2.23. The van der Waals surface area contributed by atoms with Crippen molar-refractivity contribution in [1.82, 2.24) is 34.5 Å². The molecule has 0 saturated carbocycles. The fourth-order valence-electron chi connectivity index (χ4n) is 3.71. The molecule has 1 aliphatic rings. The summed E-state index contributed by atoms with van der Waals surface area (Å²) in [5, 5.41) is 20.1. The summed E-state index contributed by atoms with van der Waals surface area (Å²) in [6.45, 7) is 2.00. The highest BCUT2D eigenvalue weighted by atomic mass is 16.5. The number of pyridine rings is 1. The number of nitrogens with zero attached hydrogens (tertiary/aromatic N) is 7. The van der Waals surface area contributed by atoms with Crippen molar-refractivity contribution in [3.05, 3.63) is 48.9 Å². The van der Waals surface area contributed by atoms with Crippen LogP contribution < -0.4 is 10.1 Å². The van der Waals surface area contributed by atoms with Crippen LogP contribution in [0.25, 0.3) is 16.8 Å². The first-order valence-corrected chi connectivity index (χ1v) is 9.57. The molecule has 1 aliphatic heterocycles. The van der Waals surface area contributed by atoms with E-state index in [0.717, 1.165) is 42.0 Å². The number of nitrogens with one attached hydrogen (secondary N) is 1. The van der Waals surface area contributed by atoms with E-state index in [1.807, 2.05) is 46.7 Å². The maximum Gasteiger partial charge on any atom is 0.165 e. The zero-order valence-corrected chi connectivity index (χ0v) is 16.4. The summed E-state index contributed by atoms with van der Waals surface area (Å²) in [5.41, 5.74) is 2.96. The Labute approximate surface area is 167 Å². The summed E-state index contributed by atoms with van der Waals surface area (Å²) >= 11 is 0. The van der Waals surface area contributed by atoms with Gasteiger partial charge in [0.1, 0.15) is 11.8 Å². The molecule has 0 bridgehead atoms. The van der Waals surface area contributed by atoms with Crippen LogP contribution in [-0.4, -0.2) is 60.7 Å². The molecule has 5 rings (SSSR count). The minimum atomic E-state index is 0.199. The van der Waals surface area contributed by atoms with E-state index in [2.05, 4.69) is 43.7 Å². The molecule has 1 saturated heterocycles. The van der Waals surface area contributed by atoms with E-state index in [4.69, 9.17) is 4.74 Å². The van der Waals surface area contributed by atoms with Gasteiger partial charge < -0.3 is 15.0 Å². The third kappa shape index (κ3) is 3.52. The highest BCUT2D eigenvalue weighted by molar-refractivity contribution is 5.72. The average Bonchev–Trinajstić information content (AvgIpc) is 3.41. The van der Waals surface area contributed by atoms with Crippen molar-refractivity contribution >= 4 is 17.2 Å². The number of aryl methyl sites for hydroxylation is 1. The number of fused-ring (bicyclic) bond motifs is 1. The van der Waals surface area contributed by atoms with Gasteiger partial charge in [0.05, 0.1) is 11.7 Å². The molecule has 0 radical (unpaired) electrons. The van der Waals surface area contributed by atoms with Gasteiger partial charge in [-0.25, -0.2) is 4.52 Å². The predicted molar refractivity (Wildman–Crippen MR) is 109 cm³/mol. The number of rotatable bonds is 5. The number of likely N-dealkylation sites (N-methyl/N-ethyl adjacent to an activating group) is 1. The number of hydrogen-bond acceptors (Lipinski definition) is 7. The van der Waals surface area contributed by atoms with Gasteiger partial charge in [0.15, 0.2) is 17.4 Å². The standard InChI is InChI=1S/C20H22N8O/c1-26-8-6-16(13-26)29-17-12-22-27(2)20(17)14-5-9-28-15(10-14)11-19(25-28)23-18-4-3-7-21-24-18/h3-5,7,9-12,16H,6,8,13H2,1-2H3,(H,23,24,25)/t16-/m0/s1. The lowest BCUT2D eigenvalue weighted by Gasteiger charge is -2.14. The van der Waals surface area contributed by atoms with E-state index in [1.165, 1.54) is 0 Å². The Hall–Kier alpha value is -3.46. The summed E-state index contributed by atoms with van der Waals surface area (Å²) in [6.07, 6.45) is 6.61. The first-order valence-electron chi connectivity index (χ1n) is 9.57.